The van der Waals surface area contributed by atoms with Gasteiger partial charge in [0, 0.05) is 41.5 Å². The summed E-state index contributed by atoms with van der Waals surface area (Å²) in [7, 11) is -3.19. The number of benzene rings is 1. The lowest BCUT2D eigenvalue weighted by Crippen LogP contribution is -2.56. The Morgan fingerprint density at radius 1 is 1.14 bits per heavy atom. The number of carbonyl (C=O) groups excluding carboxylic acids is 2. The number of carbonyl (C=O) groups is 2. The second-order valence-corrected chi connectivity index (χ2v) is 9.04. The number of ether oxygens (including phenoxy) is 1. The predicted octanol–water partition coefficient (Wildman–Crippen LogP) is 2.35. The second kappa shape index (κ2) is 7.30. The molecule has 1 heterocycles. The van der Waals surface area contributed by atoms with E-state index < -0.39 is 20.5 Å². The Labute approximate surface area is 135 Å². The van der Waals surface area contributed by atoms with Crippen molar-refractivity contribution in [2.24, 2.45) is 0 Å². The molecule has 0 unspecified atom stereocenters. The molecule has 1 aromatic rings. The van der Waals surface area contributed by atoms with Crippen LogP contribution in [0.3, 0.4) is 0 Å². The Hall–Kier alpha value is -1.31. The first kappa shape index (κ1) is 17.0. The summed E-state index contributed by atoms with van der Waals surface area (Å²) < 4.78 is 16.7. The van der Waals surface area contributed by atoms with Crippen LogP contribution in [0.25, 0.3) is 0 Å². The fraction of sp³-hybridized carbons (Fsp3) is 0.467. The molecule has 1 aliphatic rings. The van der Waals surface area contributed by atoms with E-state index >= 15 is 0 Å². The highest BCUT2D eigenvalue weighted by molar-refractivity contribution is 8.05. The second-order valence-electron chi connectivity index (χ2n) is 5.04. The van der Waals surface area contributed by atoms with Gasteiger partial charge in [-0.3, -0.25) is 9.59 Å². The molecule has 120 valence electrons. The van der Waals surface area contributed by atoms with Crippen LogP contribution in [-0.2, 0) is 23.2 Å². The lowest BCUT2D eigenvalue weighted by atomic mass is 10.4. The van der Waals surface area contributed by atoms with Crippen LogP contribution in [0, 0.1) is 0 Å². The van der Waals surface area contributed by atoms with Crippen LogP contribution in [0.4, 0.5) is 0 Å². The highest BCUT2D eigenvalue weighted by Crippen LogP contribution is 2.47. The predicted molar refractivity (Wildman–Crippen MR) is 85.4 cm³/mol. The maximum absolute atomic E-state index is 11.6. The van der Waals surface area contributed by atoms with Gasteiger partial charge in [-0.15, -0.1) is 0 Å². The van der Waals surface area contributed by atoms with Crippen molar-refractivity contribution in [1.29, 1.82) is 0 Å². The van der Waals surface area contributed by atoms with E-state index in [1.54, 1.807) is 11.8 Å². The van der Waals surface area contributed by atoms with Crippen LogP contribution in [0.2, 0.25) is 6.04 Å². The van der Waals surface area contributed by atoms with E-state index in [1.165, 1.54) is 13.8 Å². The largest absolute Gasteiger partial charge is 0.503 e. The fourth-order valence-electron chi connectivity index (χ4n) is 2.27. The van der Waals surface area contributed by atoms with Gasteiger partial charge in [0.1, 0.15) is 0 Å². The molecule has 0 N–H and O–H groups in total. The smallest absolute Gasteiger partial charge is 0.482 e. The van der Waals surface area contributed by atoms with E-state index in [0.29, 0.717) is 19.3 Å². The summed E-state index contributed by atoms with van der Waals surface area (Å²) >= 11 is 1.62. The Balaban J connectivity index is 2.29. The molecule has 0 atom stereocenters. The van der Waals surface area contributed by atoms with Crippen LogP contribution in [0.15, 0.2) is 28.0 Å². The molecule has 2 rings (SSSR count). The van der Waals surface area contributed by atoms with E-state index in [2.05, 4.69) is 0 Å². The third-order valence-corrected chi connectivity index (χ3v) is 7.62. The molecular formula is C15H20O5SSi. The molecule has 0 aliphatic carbocycles. The van der Waals surface area contributed by atoms with Crippen LogP contribution in [0.5, 0.6) is 0 Å². The van der Waals surface area contributed by atoms with Gasteiger partial charge in [-0.05, 0) is 12.5 Å². The molecule has 7 heteroatoms. The minimum Gasteiger partial charge on any atom is -0.482 e. The summed E-state index contributed by atoms with van der Waals surface area (Å²) in [6, 6.07) is 6.19. The zero-order valence-corrected chi connectivity index (χ0v) is 14.8. The minimum atomic E-state index is -3.19. The van der Waals surface area contributed by atoms with Crippen molar-refractivity contribution >= 4 is 37.4 Å². The average molecular weight is 340 g/mol. The Morgan fingerprint density at radius 3 is 2.41 bits per heavy atom. The zero-order chi connectivity index (χ0) is 16.2. The van der Waals surface area contributed by atoms with E-state index in [4.69, 9.17) is 13.6 Å². The molecule has 0 saturated carbocycles. The molecule has 0 radical (unpaired) electrons. The maximum Gasteiger partial charge on any atom is 0.503 e. The molecule has 0 fully saturated rings. The summed E-state index contributed by atoms with van der Waals surface area (Å²) in [5.74, 6) is -0.877. The summed E-state index contributed by atoms with van der Waals surface area (Å²) in [6.45, 7) is 5.73. The van der Waals surface area contributed by atoms with Crippen molar-refractivity contribution in [3.8, 4) is 0 Å². The van der Waals surface area contributed by atoms with Crippen molar-refractivity contribution in [1.82, 2.24) is 0 Å². The first-order valence-electron chi connectivity index (χ1n) is 7.27. The van der Waals surface area contributed by atoms with Gasteiger partial charge in [0.15, 0.2) is 0 Å². The molecule has 0 spiro atoms. The van der Waals surface area contributed by atoms with Crippen molar-refractivity contribution < 1.29 is 23.2 Å². The Bertz CT molecular complexity index is 559. The van der Waals surface area contributed by atoms with Crippen molar-refractivity contribution in [3.05, 3.63) is 18.2 Å². The average Bonchev–Trinajstić information content (AvgIpc) is 3.21. The van der Waals surface area contributed by atoms with Gasteiger partial charge in [-0.25, -0.2) is 0 Å². The van der Waals surface area contributed by atoms with Gasteiger partial charge >= 0.3 is 8.56 Å². The van der Waals surface area contributed by atoms with Gasteiger partial charge in [-0.1, -0.05) is 30.8 Å². The summed E-state index contributed by atoms with van der Waals surface area (Å²) in [4.78, 5) is 25.4. The van der Waals surface area contributed by atoms with E-state index in [1.807, 2.05) is 25.1 Å². The third-order valence-electron chi connectivity index (χ3n) is 3.10. The van der Waals surface area contributed by atoms with Crippen molar-refractivity contribution in [2.45, 2.75) is 43.0 Å². The summed E-state index contributed by atoms with van der Waals surface area (Å²) in [5.41, 5.74) is 0. The molecule has 22 heavy (non-hydrogen) atoms. The minimum absolute atomic E-state index is 0.398. The van der Waals surface area contributed by atoms with Gasteiger partial charge in [0.05, 0.1) is 6.61 Å². The molecule has 0 saturated heterocycles. The van der Waals surface area contributed by atoms with Crippen molar-refractivity contribution in [3.63, 3.8) is 0 Å². The molecular weight excluding hydrogens is 320 g/mol. The van der Waals surface area contributed by atoms with Crippen LogP contribution in [-0.4, -0.2) is 33.7 Å². The Kier molecular flexibility index (Phi) is 5.66. The highest BCUT2D eigenvalue weighted by Gasteiger charge is 2.50. The molecule has 1 aliphatic heterocycles. The van der Waals surface area contributed by atoms with Crippen LogP contribution in [0.1, 0.15) is 27.2 Å². The zero-order valence-electron chi connectivity index (χ0n) is 13.0. The number of rotatable bonds is 8. The van der Waals surface area contributed by atoms with Gasteiger partial charge in [0.25, 0.3) is 11.9 Å². The normalized spacial score (nSPS) is 12.5. The SMILES string of the molecule is CCCOCC[Si](OC(C)=O)(OC(C)=O)c1cccc2c1S2. The van der Waals surface area contributed by atoms with Crippen LogP contribution < -0.4 is 5.19 Å². The standard InChI is InChI=1S/C15H20O5SSi/c1-4-8-18-9-10-22(19-11(2)16,20-12(3)17)14-7-5-6-13-15(14)21-13/h5-7H,4,8-10H2,1-3H3. The lowest BCUT2D eigenvalue weighted by Gasteiger charge is -2.28. The maximum atomic E-state index is 11.6. The lowest BCUT2D eigenvalue weighted by molar-refractivity contribution is -0.138. The van der Waals surface area contributed by atoms with Crippen molar-refractivity contribution in [2.75, 3.05) is 13.2 Å². The number of hydrogen-bond donors (Lipinski definition) is 0. The fourth-order valence-corrected chi connectivity index (χ4v) is 6.56. The number of hydrogen-bond acceptors (Lipinski definition) is 6. The monoisotopic (exact) mass is 340 g/mol. The van der Waals surface area contributed by atoms with Crippen LogP contribution >= 0.6 is 11.8 Å². The molecule has 0 amide bonds. The topological polar surface area (TPSA) is 61.8 Å². The van der Waals surface area contributed by atoms with E-state index in [9.17, 15) is 9.59 Å². The molecule has 1 aromatic carbocycles. The summed E-state index contributed by atoms with van der Waals surface area (Å²) in [6.07, 6.45) is 0.909. The Morgan fingerprint density at radius 2 is 1.82 bits per heavy atom. The van der Waals surface area contributed by atoms with E-state index in [0.717, 1.165) is 21.4 Å². The third kappa shape index (κ3) is 4.12. The molecule has 0 bridgehead atoms. The molecule has 5 nitrogen and oxygen atoms in total. The quantitative estimate of drug-likeness (QED) is 0.418. The molecule has 0 aromatic heterocycles. The highest BCUT2D eigenvalue weighted by atomic mass is 32.2. The number of fused-ring (bicyclic) bond motifs is 1. The van der Waals surface area contributed by atoms with Gasteiger partial charge in [-0.2, -0.15) is 0 Å². The van der Waals surface area contributed by atoms with Gasteiger partial charge < -0.3 is 13.6 Å². The first-order valence-corrected chi connectivity index (χ1v) is 10.1. The van der Waals surface area contributed by atoms with E-state index in [-0.39, 0.29) is 0 Å². The summed E-state index contributed by atoms with van der Waals surface area (Å²) in [5, 5.41) is 0.848. The van der Waals surface area contributed by atoms with Gasteiger partial charge in [0.2, 0.25) is 0 Å². The first-order chi connectivity index (χ1) is 10.5.